The maximum atomic E-state index is 13.1. The fourth-order valence-electron chi connectivity index (χ4n) is 1.35. The first-order valence-corrected chi connectivity index (χ1v) is 7.25. The number of halogens is 2. The van der Waals surface area contributed by atoms with Crippen LogP contribution in [0.3, 0.4) is 0 Å². The van der Waals surface area contributed by atoms with Gasteiger partial charge in [-0.2, -0.15) is 4.31 Å². The second-order valence-corrected chi connectivity index (χ2v) is 6.31. The number of nitrogens with zero attached hydrogens (tertiary/aromatic N) is 1. The summed E-state index contributed by atoms with van der Waals surface area (Å²) in [5.74, 6) is -0.677. The SMILES string of the molecule is CCN(CC(N)=S)S(=O)(=O)c1cc(F)ccc1Cl. The summed E-state index contributed by atoms with van der Waals surface area (Å²) in [5, 5.41) is -0.0437. The van der Waals surface area contributed by atoms with E-state index < -0.39 is 15.8 Å². The normalized spacial score (nSPS) is 11.8. The van der Waals surface area contributed by atoms with Crippen LogP contribution in [-0.2, 0) is 10.0 Å². The van der Waals surface area contributed by atoms with Crippen LogP contribution in [0.5, 0.6) is 0 Å². The molecule has 0 spiro atoms. The van der Waals surface area contributed by atoms with Crippen molar-refractivity contribution in [2.75, 3.05) is 13.1 Å². The van der Waals surface area contributed by atoms with Gasteiger partial charge >= 0.3 is 0 Å². The Bertz CT molecular complexity index is 563. The summed E-state index contributed by atoms with van der Waals surface area (Å²) in [7, 11) is -3.91. The Hall–Kier alpha value is -0.760. The topological polar surface area (TPSA) is 63.4 Å². The molecule has 1 rings (SSSR count). The molecule has 4 nitrogen and oxygen atoms in total. The molecule has 0 aliphatic carbocycles. The fourth-order valence-corrected chi connectivity index (χ4v) is 3.51. The van der Waals surface area contributed by atoms with E-state index in [2.05, 4.69) is 12.2 Å². The molecule has 0 aliphatic rings. The van der Waals surface area contributed by atoms with Gasteiger partial charge in [-0.05, 0) is 18.2 Å². The van der Waals surface area contributed by atoms with E-state index in [-0.39, 0.29) is 28.0 Å². The molecule has 1 aromatic rings. The predicted octanol–water partition coefficient (Wildman–Crippen LogP) is 1.78. The van der Waals surface area contributed by atoms with Gasteiger partial charge in [-0.1, -0.05) is 30.7 Å². The van der Waals surface area contributed by atoms with E-state index in [1.165, 1.54) is 6.07 Å². The Kier molecular flexibility index (Phi) is 5.03. The van der Waals surface area contributed by atoms with Crippen molar-refractivity contribution >= 4 is 38.8 Å². The van der Waals surface area contributed by atoms with Crippen LogP contribution >= 0.6 is 23.8 Å². The highest BCUT2D eigenvalue weighted by molar-refractivity contribution is 7.89. The minimum absolute atomic E-state index is 0.0351. The van der Waals surface area contributed by atoms with Crippen LogP contribution in [0.1, 0.15) is 6.92 Å². The predicted molar refractivity (Wildman–Crippen MR) is 72.6 cm³/mol. The Morgan fingerprint density at radius 1 is 1.56 bits per heavy atom. The Balaban J connectivity index is 3.26. The van der Waals surface area contributed by atoms with Crippen molar-refractivity contribution in [3.05, 3.63) is 29.0 Å². The Morgan fingerprint density at radius 3 is 2.67 bits per heavy atom. The van der Waals surface area contributed by atoms with E-state index in [9.17, 15) is 12.8 Å². The Labute approximate surface area is 116 Å². The van der Waals surface area contributed by atoms with Crippen molar-refractivity contribution in [1.29, 1.82) is 0 Å². The molecule has 2 N–H and O–H groups in total. The second kappa shape index (κ2) is 5.92. The highest BCUT2D eigenvalue weighted by atomic mass is 35.5. The summed E-state index contributed by atoms with van der Waals surface area (Å²) in [5.41, 5.74) is 5.33. The van der Waals surface area contributed by atoms with Gasteiger partial charge in [-0.25, -0.2) is 12.8 Å². The maximum Gasteiger partial charge on any atom is 0.245 e. The zero-order valence-corrected chi connectivity index (χ0v) is 11.9. The third kappa shape index (κ3) is 3.38. The van der Waals surface area contributed by atoms with Crippen molar-refractivity contribution in [3.8, 4) is 0 Å². The van der Waals surface area contributed by atoms with Gasteiger partial charge in [0.15, 0.2) is 0 Å². The lowest BCUT2D eigenvalue weighted by molar-refractivity contribution is 0.467. The minimum Gasteiger partial charge on any atom is -0.392 e. The zero-order chi connectivity index (χ0) is 13.9. The molecule has 1 aromatic carbocycles. The first kappa shape index (κ1) is 15.3. The van der Waals surface area contributed by atoms with Crippen LogP contribution in [0, 0.1) is 5.82 Å². The maximum absolute atomic E-state index is 13.1. The van der Waals surface area contributed by atoms with E-state index in [1.54, 1.807) is 6.92 Å². The second-order valence-electron chi connectivity index (χ2n) is 3.47. The van der Waals surface area contributed by atoms with Gasteiger partial charge in [0, 0.05) is 6.54 Å². The molecule has 0 saturated carbocycles. The minimum atomic E-state index is -3.91. The standard InChI is InChI=1S/C10H12ClFN2O2S2/c1-2-14(6-10(13)17)18(15,16)9-5-7(12)3-4-8(9)11/h3-5H,2,6H2,1H3,(H2,13,17). The van der Waals surface area contributed by atoms with Crippen LogP contribution in [0.15, 0.2) is 23.1 Å². The van der Waals surface area contributed by atoms with Gasteiger partial charge in [-0.15, -0.1) is 0 Å². The third-order valence-electron chi connectivity index (χ3n) is 2.20. The van der Waals surface area contributed by atoms with Gasteiger partial charge in [0.2, 0.25) is 10.0 Å². The first-order valence-electron chi connectivity index (χ1n) is 5.02. The molecule has 0 heterocycles. The molecule has 0 aliphatic heterocycles. The molecule has 0 saturated heterocycles. The van der Waals surface area contributed by atoms with Gasteiger partial charge < -0.3 is 5.73 Å². The third-order valence-corrected chi connectivity index (χ3v) is 4.73. The van der Waals surface area contributed by atoms with Crippen molar-refractivity contribution in [3.63, 3.8) is 0 Å². The summed E-state index contributed by atoms with van der Waals surface area (Å²) < 4.78 is 38.6. The number of thiocarbonyl (C=S) groups is 1. The monoisotopic (exact) mass is 310 g/mol. The molecule has 0 aromatic heterocycles. The summed E-state index contributed by atoms with van der Waals surface area (Å²) in [6.07, 6.45) is 0. The molecular formula is C10H12ClFN2O2S2. The number of rotatable bonds is 5. The van der Waals surface area contributed by atoms with Gasteiger partial charge in [0.1, 0.15) is 10.7 Å². The van der Waals surface area contributed by atoms with Crippen molar-refractivity contribution < 1.29 is 12.8 Å². The largest absolute Gasteiger partial charge is 0.392 e. The van der Waals surface area contributed by atoms with Crippen LogP contribution in [-0.4, -0.2) is 30.8 Å². The van der Waals surface area contributed by atoms with E-state index in [1.807, 2.05) is 0 Å². The number of hydrogen-bond donors (Lipinski definition) is 1. The van der Waals surface area contributed by atoms with Gasteiger partial charge in [-0.3, -0.25) is 0 Å². The van der Waals surface area contributed by atoms with Crippen LogP contribution in [0.4, 0.5) is 4.39 Å². The molecule has 0 unspecified atom stereocenters. The van der Waals surface area contributed by atoms with Crippen molar-refractivity contribution in [2.24, 2.45) is 5.73 Å². The number of nitrogens with two attached hydrogens (primary N) is 1. The first-order chi connectivity index (χ1) is 8.28. The fraction of sp³-hybridized carbons (Fsp3) is 0.300. The molecule has 0 bridgehead atoms. The average molecular weight is 311 g/mol. The van der Waals surface area contributed by atoms with E-state index in [0.717, 1.165) is 16.4 Å². The molecule has 0 amide bonds. The van der Waals surface area contributed by atoms with Crippen LogP contribution in [0.25, 0.3) is 0 Å². The summed E-state index contributed by atoms with van der Waals surface area (Å²) in [6, 6.07) is 3.16. The number of benzene rings is 1. The van der Waals surface area contributed by atoms with E-state index in [4.69, 9.17) is 17.3 Å². The molecule has 0 atom stereocenters. The quantitative estimate of drug-likeness (QED) is 0.842. The zero-order valence-electron chi connectivity index (χ0n) is 9.56. The van der Waals surface area contributed by atoms with Crippen molar-refractivity contribution in [2.45, 2.75) is 11.8 Å². The van der Waals surface area contributed by atoms with Crippen LogP contribution in [0.2, 0.25) is 5.02 Å². The summed E-state index contributed by atoms with van der Waals surface area (Å²) in [6.45, 7) is 1.68. The van der Waals surface area contributed by atoms with E-state index >= 15 is 0 Å². The Morgan fingerprint density at radius 2 is 2.17 bits per heavy atom. The van der Waals surface area contributed by atoms with Crippen molar-refractivity contribution in [1.82, 2.24) is 4.31 Å². The van der Waals surface area contributed by atoms with Crippen LogP contribution < -0.4 is 5.73 Å². The molecular weight excluding hydrogens is 299 g/mol. The molecule has 0 fully saturated rings. The summed E-state index contributed by atoms with van der Waals surface area (Å²) in [4.78, 5) is -0.254. The number of hydrogen-bond acceptors (Lipinski definition) is 3. The van der Waals surface area contributed by atoms with E-state index in [0.29, 0.717) is 0 Å². The highest BCUT2D eigenvalue weighted by Gasteiger charge is 2.26. The molecule has 0 radical (unpaired) electrons. The molecule has 8 heteroatoms. The summed E-state index contributed by atoms with van der Waals surface area (Å²) >= 11 is 10.5. The number of likely N-dealkylation sites (N-methyl/N-ethyl adjacent to an activating group) is 1. The lowest BCUT2D eigenvalue weighted by Gasteiger charge is -2.20. The lowest BCUT2D eigenvalue weighted by Crippen LogP contribution is -2.37. The highest BCUT2D eigenvalue weighted by Crippen LogP contribution is 2.25. The number of sulfonamides is 1. The van der Waals surface area contributed by atoms with Gasteiger partial charge in [0.05, 0.1) is 16.6 Å². The smallest absolute Gasteiger partial charge is 0.245 e. The van der Waals surface area contributed by atoms with Gasteiger partial charge in [0.25, 0.3) is 0 Å². The molecule has 18 heavy (non-hydrogen) atoms. The molecule has 100 valence electrons. The lowest BCUT2D eigenvalue weighted by atomic mass is 10.3. The average Bonchev–Trinajstić information content (AvgIpc) is 2.28.